The van der Waals surface area contributed by atoms with Crippen molar-refractivity contribution in [1.29, 1.82) is 0 Å². The third-order valence-corrected chi connectivity index (χ3v) is 6.45. The van der Waals surface area contributed by atoms with Crippen LogP contribution in [0.15, 0.2) is 42.5 Å². The Morgan fingerprint density at radius 1 is 1.14 bits per heavy atom. The van der Waals surface area contributed by atoms with Crippen molar-refractivity contribution in [3.8, 4) is 11.6 Å². The Balaban J connectivity index is 1.36. The van der Waals surface area contributed by atoms with E-state index in [9.17, 15) is 18.0 Å². The van der Waals surface area contributed by atoms with Crippen LogP contribution in [0.1, 0.15) is 56.9 Å². The monoisotopic (exact) mass is 504 g/mol. The predicted molar refractivity (Wildman–Crippen MR) is 129 cm³/mol. The maximum Gasteiger partial charge on any atom is 0.416 e. The molecule has 1 aliphatic heterocycles. The number of hydrogen-bond donors (Lipinski definition) is 0. The third-order valence-electron chi connectivity index (χ3n) is 6.45. The van der Waals surface area contributed by atoms with Gasteiger partial charge < -0.3 is 19.1 Å². The highest BCUT2D eigenvalue weighted by Crippen LogP contribution is 2.45. The predicted octanol–water partition coefficient (Wildman–Crippen LogP) is 6.49. The zero-order chi connectivity index (χ0) is 26.1. The highest BCUT2D eigenvalue weighted by molar-refractivity contribution is 5.70. The first-order valence-electron chi connectivity index (χ1n) is 11.9. The molecule has 9 heteroatoms. The minimum atomic E-state index is -4.44. The van der Waals surface area contributed by atoms with E-state index in [1.54, 1.807) is 11.0 Å². The van der Waals surface area contributed by atoms with Gasteiger partial charge in [-0.05, 0) is 63.8 Å². The summed E-state index contributed by atoms with van der Waals surface area (Å²) in [6, 6.07) is 8.82. The zero-order valence-electron chi connectivity index (χ0n) is 20.9. The van der Waals surface area contributed by atoms with Gasteiger partial charge in [-0.1, -0.05) is 18.2 Å². The van der Waals surface area contributed by atoms with Crippen LogP contribution in [0.2, 0.25) is 0 Å². The van der Waals surface area contributed by atoms with Gasteiger partial charge in [-0.3, -0.25) is 0 Å². The Morgan fingerprint density at radius 3 is 2.50 bits per heavy atom. The van der Waals surface area contributed by atoms with Crippen LogP contribution in [0.5, 0.6) is 11.6 Å². The smallest absolute Gasteiger partial charge is 0.416 e. The number of amides is 1. The SMILES string of the molecule is COc1cc(C(F)(F)F)ccc1COc1cccc(C2=CCC3(CC2)CN(C(=O)OC(C)(C)C)C3)n1. The van der Waals surface area contributed by atoms with Crippen LogP contribution in [-0.2, 0) is 17.5 Å². The van der Waals surface area contributed by atoms with E-state index in [0.29, 0.717) is 24.5 Å². The summed E-state index contributed by atoms with van der Waals surface area (Å²) in [5, 5.41) is 0. The van der Waals surface area contributed by atoms with Crippen molar-refractivity contribution < 1.29 is 32.2 Å². The highest BCUT2D eigenvalue weighted by Gasteiger charge is 2.46. The lowest BCUT2D eigenvalue weighted by Gasteiger charge is -2.51. The Labute approximate surface area is 209 Å². The fourth-order valence-electron chi connectivity index (χ4n) is 4.55. The van der Waals surface area contributed by atoms with E-state index < -0.39 is 17.3 Å². The summed E-state index contributed by atoms with van der Waals surface area (Å²) in [5.41, 5.74) is 1.24. The van der Waals surface area contributed by atoms with Gasteiger partial charge in [0.2, 0.25) is 5.88 Å². The van der Waals surface area contributed by atoms with E-state index in [1.807, 2.05) is 32.9 Å². The van der Waals surface area contributed by atoms with Crippen molar-refractivity contribution in [2.75, 3.05) is 20.2 Å². The number of benzene rings is 1. The Bertz CT molecular complexity index is 1150. The van der Waals surface area contributed by atoms with Gasteiger partial charge in [0.05, 0.1) is 18.4 Å². The number of methoxy groups -OCH3 is 1. The van der Waals surface area contributed by atoms with Gasteiger partial charge in [0.25, 0.3) is 0 Å². The van der Waals surface area contributed by atoms with Crippen LogP contribution >= 0.6 is 0 Å². The number of halogens is 3. The molecular weight excluding hydrogens is 473 g/mol. The van der Waals surface area contributed by atoms with Crippen molar-refractivity contribution in [2.45, 2.75) is 58.4 Å². The molecule has 2 heterocycles. The first-order valence-corrected chi connectivity index (χ1v) is 11.9. The van der Waals surface area contributed by atoms with Crippen LogP contribution in [0.25, 0.3) is 5.57 Å². The third kappa shape index (κ3) is 5.94. The largest absolute Gasteiger partial charge is 0.496 e. The number of pyridine rings is 1. The molecule has 0 saturated carbocycles. The lowest BCUT2D eigenvalue weighted by atomic mass is 9.69. The molecule has 2 aliphatic rings. The van der Waals surface area contributed by atoms with E-state index in [-0.39, 0.29) is 23.9 Å². The Kier molecular flexibility index (Phi) is 6.94. The molecule has 1 saturated heterocycles. The average molecular weight is 505 g/mol. The Morgan fingerprint density at radius 2 is 1.89 bits per heavy atom. The number of nitrogens with zero attached hydrogens (tertiary/aromatic N) is 2. The second-order valence-electron chi connectivity index (χ2n) is 10.4. The molecule has 1 aromatic heterocycles. The van der Waals surface area contributed by atoms with Gasteiger partial charge in [0.15, 0.2) is 0 Å². The molecule has 0 N–H and O–H groups in total. The van der Waals surface area contributed by atoms with Crippen molar-refractivity contribution in [3.63, 3.8) is 0 Å². The summed E-state index contributed by atoms with van der Waals surface area (Å²) in [6.45, 7) is 7.00. The van der Waals surface area contributed by atoms with E-state index in [0.717, 1.165) is 42.7 Å². The van der Waals surface area contributed by atoms with Gasteiger partial charge in [0, 0.05) is 30.1 Å². The van der Waals surface area contributed by atoms with Gasteiger partial charge >= 0.3 is 12.3 Å². The average Bonchev–Trinajstić information content (AvgIpc) is 2.79. The van der Waals surface area contributed by atoms with Crippen molar-refractivity contribution >= 4 is 11.7 Å². The first kappa shape index (κ1) is 25.9. The normalized spacial score (nSPS) is 17.3. The zero-order valence-corrected chi connectivity index (χ0v) is 20.9. The summed E-state index contributed by atoms with van der Waals surface area (Å²) in [7, 11) is 1.33. The summed E-state index contributed by atoms with van der Waals surface area (Å²) < 4.78 is 55.3. The number of aromatic nitrogens is 1. The molecule has 6 nitrogen and oxygen atoms in total. The van der Waals surface area contributed by atoms with E-state index in [2.05, 4.69) is 11.1 Å². The van der Waals surface area contributed by atoms with E-state index in [4.69, 9.17) is 14.2 Å². The standard InChI is InChI=1S/C27H31F3N2O4/c1-25(2,3)36-24(33)32-16-26(17-32)12-10-18(11-13-26)21-6-5-7-23(31-21)35-15-19-8-9-20(27(28,29)30)14-22(19)34-4/h5-10,14H,11-13,15-17H2,1-4H3. The molecule has 194 valence electrons. The van der Waals surface area contributed by atoms with Gasteiger partial charge in [-0.2, -0.15) is 13.2 Å². The van der Waals surface area contributed by atoms with Crippen molar-refractivity contribution in [1.82, 2.24) is 9.88 Å². The van der Waals surface area contributed by atoms with Crippen LogP contribution in [0, 0.1) is 5.41 Å². The lowest BCUT2D eigenvalue weighted by Crippen LogP contribution is -2.59. The van der Waals surface area contributed by atoms with Gasteiger partial charge in [-0.15, -0.1) is 0 Å². The molecule has 0 bridgehead atoms. The molecule has 36 heavy (non-hydrogen) atoms. The molecule has 1 aliphatic carbocycles. The Hall–Kier alpha value is -3.23. The van der Waals surface area contributed by atoms with Crippen molar-refractivity contribution in [3.05, 3.63) is 59.3 Å². The summed E-state index contributed by atoms with van der Waals surface area (Å²) in [5.74, 6) is 0.498. The summed E-state index contributed by atoms with van der Waals surface area (Å²) in [6.07, 6.45) is 0.124. The topological polar surface area (TPSA) is 60.9 Å². The summed E-state index contributed by atoms with van der Waals surface area (Å²) in [4.78, 5) is 18.6. The minimum absolute atomic E-state index is 0.0282. The molecule has 1 spiro atoms. The lowest BCUT2D eigenvalue weighted by molar-refractivity contribution is -0.137. The number of carbonyl (C=O) groups excluding carboxylic acids is 1. The number of carbonyl (C=O) groups is 1. The molecule has 1 fully saturated rings. The van der Waals surface area contributed by atoms with Crippen LogP contribution in [0.4, 0.5) is 18.0 Å². The second-order valence-corrected chi connectivity index (χ2v) is 10.4. The van der Waals surface area contributed by atoms with Gasteiger partial charge in [-0.25, -0.2) is 9.78 Å². The quantitative estimate of drug-likeness (QED) is 0.466. The molecule has 0 atom stereocenters. The van der Waals surface area contributed by atoms with E-state index >= 15 is 0 Å². The van der Waals surface area contributed by atoms with Gasteiger partial charge in [0.1, 0.15) is 18.0 Å². The van der Waals surface area contributed by atoms with E-state index in [1.165, 1.54) is 13.2 Å². The molecule has 0 unspecified atom stereocenters. The summed E-state index contributed by atoms with van der Waals surface area (Å²) >= 11 is 0. The van der Waals surface area contributed by atoms with Crippen LogP contribution in [-0.4, -0.2) is 41.8 Å². The minimum Gasteiger partial charge on any atom is -0.496 e. The second kappa shape index (κ2) is 9.67. The number of ether oxygens (including phenoxy) is 3. The number of alkyl halides is 3. The molecule has 2 aromatic rings. The first-order chi connectivity index (χ1) is 16.9. The maximum absolute atomic E-state index is 13.0. The highest BCUT2D eigenvalue weighted by atomic mass is 19.4. The van der Waals surface area contributed by atoms with Crippen molar-refractivity contribution in [2.24, 2.45) is 5.41 Å². The molecule has 1 aromatic carbocycles. The number of rotatable bonds is 5. The van der Waals surface area contributed by atoms with Crippen LogP contribution in [0.3, 0.4) is 0 Å². The molecular formula is C27H31F3N2O4. The van der Waals surface area contributed by atoms with Crippen LogP contribution < -0.4 is 9.47 Å². The molecule has 0 radical (unpaired) electrons. The number of hydrogen-bond acceptors (Lipinski definition) is 5. The molecule has 4 rings (SSSR count). The molecule has 1 amide bonds. The number of likely N-dealkylation sites (tertiary alicyclic amines) is 1. The number of allylic oxidation sites excluding steroid dienone is 2. The maximum atomic E-state index is 13.0. The fraction of sp³-hybridized carbons (Fsp3) is 0.481. The fourth-order valence-corrected chi connectivity index (χ4v) is 4.55.